The molecule has 3 rings (SSSR count). The SMILES string of the molecule is O=C(CC1CCOCC1)Oc1cccc(C(=O)Nc2nc(C(F)(F)F)cs2)c1. The summed E-state index contributed by atoms with van der Waals surface area (Å²) in [5, 5.41) is 2.97. The fourth-order valence-corrected chi connectivity index (χ4v) is 3.40. The second-order valence-electron chi connectivity index (χ2n) is 6.25. The molecular weight excluding hydrogens is 397 g/mol. The lowest BCUT2D eigenvalue weighted by Gasteiger charge is -2.20. The first-order chi connectivity index (χ1) is 13.3. The summed E-state index contributed by atoms with van der Waals surface area (Å²) in [5.74, 6) is -0.648. The molecule has 0 saturated carbocycles. The number of hydrogen-bond acceptors (Lipinski definition) is 6. The molecule has 0 unspecified atom stereocenters. The van der Waals surface area contributed by atoms with Crippen molar-refractivity contribution in [1.29, 1.82) is 0 Å². The summed E-state index contributed by atoms with van der Waals surface area (Å²) in [5.41, 5.74) is -0.927. The molecule has 0 radical (unpaired) electrons. The minimum atomic E-state index is -4.57. The van der Waals surface area contributed by atoms with Gasteiger partial charge in [0.1, 0.15) is 5.75 Å². The molecule has 0 atom stereocenters. The van der Waals surface area contributed by atoms with Crippen LogP contribution in [0.5, 0.6) is 5.75 Å². The van der Waals surface area contributed by atoms with Crippen molar-refractivity contribution in [2.75, 3.05) is 18.5 Å². The van der Waals surface area contributed by atoms with Crippen molar-refractivity contribution < 1.29 is 32.2 Å². The number of benzene rings is 1. The highest BCUT2D eigenvalue weighted by Crippen LogP contribution is 2.31. The zero-order chi connectivity index (χ0) is 20.1. The van der Waals surface area contributed by atoms with Crippen LogP contribution in [0.4, 0.5) is 18.3 Å². The number of halogens is 3. The van der Waals surface area contributed by atoms with Gasteiger partial charge >= 0.3 is 12.1 Å². The molecule has 0 spiro atoms. The van der Waals surface area contributed by atoms with Gasteiger partial charge in [-0.05, 0) is 37.0 Å². The first kappa shape index (κ1) is 20.3. The number of nitrogens with one attached hydrogen (secondary N) is 1. The van der Waals surface area contributed by atoms with Crippen LogP contribution in [-0.2, 0) is 15.7 Å². The summed E-state index contributed by atoms with van der Waals surface area (Å²) in [7, 11) is 0. The maximum absolute atomic E-state index is 12.6. The van der Waals surface area contributed by atoms with Crippen molar-refractivity contribution in [3.63, 3.8) is 0 Å². The van der Waals surface area contributed by atoms with Crippen molar-refractivity contribution in [3.05, 3.63) is 40.9 Å². The Morgan fingerprint density at radius 2 is 2.04 bits per heavy atom. The lowest BCUT2D eigenvalue weighted by molar-refractivity contribution is -0.140. The molecule has 0 aliphatic carbocycles. The van der Waals surface area contributed by atoms with Crippen molar-refractivity contribution >= 4 is 28.3 Å². The van der Waals surface area contributed by atoms with Gasteiger partial charge < -0.3 is 9.47 Å². The molecule has 1 N–H and O–H groups in total. The van der Waals surface area contributed by atoms with Crippen LogP contribution in [0.2, 0.25) is 0 Å². The highest BCUT2D eigenvalue weighted by Gasteiger charge is 2.34. The molecule has 2 heterocycles. The molecule has 28 heavy (non-hydrogen) atoms. The first-order valence-corrected chi connectivity index (χ1v) is 9.42. The Bertz CT molecular complexity index is 847. The number of nitrogens with zero attached hydrogens (tertiary/aromatic N) is 1. The van der Waals surface area contributed by atoms with E-state index in [1.165, 1.54) is 24.3 Å². The molecule has 2 aromatic rings. The van der Waals surface area contributed by atoms with E-state index >= 15 is 0 Å². The van der Waals surface area contributed by atoms with Gasteiger partial charge in [-0.3, -0.25) is 14.9 Å². The Labute approximate surface area is 162 Å². The third-order valence-electron chi connectivity index (χ3n) is 4.14. The van der Waals surface area contributed by atoms with Gasteiger partial charge in [0.2, 0.25) is 0 Å². The predicted octanol–water partition coefficient (Wildman–Crippen LogP) is 4.14. The van der Waals surface area contributed by atoms with E-state index in [4.69, 9.17) is 9.47 Å². The number of alkyl halides is 3. The zero-order valence-electron chi connectivity index (χ0n) is 14.6. The van der Waals surface area contributed by atoms with E-state index in [0.29, 0.717) is 24.6 Å². The molecule has 1 saturated heterocycles. The van der Waals surface area contributed by atoms with Gasteiger partial charge in [-0.2, -0.15) is 13.2 Å². The molecule has 1 aliphatic rings. The minimum absolute atomic E-state index is 0.139. The van der Waals surface area contributed by atoms with E-state index in [-0.39, 0.29) is 28.8 Å². The number of ether oxygens (including phenoxy) is 2. The summed E-state index contributed by atoms with van der Waals surface area (Å²) in [6, 6.07) is 5.87. The molecule has 1 amide bonds. The zero-order valence-corrected chi connectivity index (χ0v) is 15.4. The number of thiazole rings is 1. The molecule has 1 aliphatic heterocycles. The summed E-state index contributed by atoms with van der Waals surface area (Å²) >= 11 is 0.675. The topological polar surface area (TPSA) is 77.5 Å². The van der Waals surface area contributed by atoms with E-state index in [1.54, 1.807) is 0 Å². The van der Waals surface area contributed by atoms with Crippen molar-refractivity contribution in [2.45, 2.75) is 25.4 Å². The number of rotatable bonds is 5. The number of amides is 1. The minimum Gasteiger partial charge on any atom is -0.426 e. The van der Waals surface area contributed by atoms with Gasteiger partial charge in [-0.15, -0.1) is 11.3 Å². The van der Waals surface area contributed by atoms with E-state index in [2.05, 4.69) is 10.3 Å². The number of aromatic nitrogens is 1. The summed E-state index contributed by atoms with van der Waals surface area (Å²) in [6.45, 7) is 1.25. The molecule has 1 fully saturated rings. The smallest absolute Gasteiger partial charge is 0.426 e. The fourth-order valence-electron chi connectivity index (χ4n) is 2.69. The first-order valence-electron chi connectivity index (χ1n) is 8.54. The lowest BCUT2D eigenvalue weighted by atomic mass is 9.97. The number of hydrogen-bond donors (Lipinski definition) is 1. The normalized spacial score (nSPS) is 15.2. The number of carbonyl (C=O) groups excluding carboxylic acids is 2. The summed E-state index contributed by atoms with van der Waals surface area (Å²) in [6.07, 6.45) is -2.71. The fraction of sp³-hybridized carbons (Fsp3) is 0.389. The summed E-state index contributed by atoms with van der Waals surface area (Å²) < 4.78 is 48.3. The van der Waals surface area contributed by atoms with Crippen LogP contribution in [-0.4, -0.2) is 30.1 Å². The second kappa shape index (κ2) is 8.70. The van der Waals surface area contributed by atoms with Crippen LogP contribution in [0, 0.1) is 5.92 Å². The Hall–Kier alpha value is -2.46. The highest BCUT2D eigenvalue weighted by atomic mass is 32.1. The van der Waals surface area contributed by atoms with Gasteiger partial charge in [0.15, 0.2) is 10.8 Å². The molecule has 10 heteroatoms. The quantitative estimate of drug-likeness (QED) is 0.588. The van der Waals surface area contributed by atoms with E-state index in [9.17, 15) is 22.8 Å². The predicted molar refractivity (Wildman–Crippen MR) is 95.3 cm³/mol. The van der Waals surface area contributed by atoms with Gasteiger partial charge in [0.25, 0.3) is 5.91 Å². The lowest BCUT2D eigenvalue weighted by Crippen LogP contribution is -2.21. The summed E-state index contributed by atoms with van der Waals surface area (Å²) in [4.78, 5) is 27.7. The number of carbonyl (C=O) groups is 2. The van der Waals surface area contributed by atoms with Crippen molar-refractivity contribution in [3.8, 4) is 5.75 Å². The standard InChI is InChI=1S/C18H17F3N2O4S/c19-18(20,21)14-10-28-17(22-14)23-16(25)12-2-1-3-13(9-12)27-15(24)8-11-4-6-26-7-5-11/h1-3,9-11H,4-8H2,(H,22,23,25). The Kier molecular flexibility index (Phi) is 6.30. The van der Waals surface area contributed by atoms with Crippen LogP contribution in [0.1, 0.15) is 35.3 Å². The van der Waals surface area contributed by atoms with Crippen LogP contribution < -0.4 is 10.1 Å². The van der Waals surface area contributed by atoms with E-state index < -0.39 is 23.7 Å². The van der Waals surface area contributed by atoms with Gasteiger partial charge in [-0.1, -0.05) is 6.07 Å². The third kappa shape index (κ3) is 5.52. The van der Waals surface area contributed by atoms with E-state index in [0.717, 1.165) is 18.2 Å². The van der Waals surface area contributed by atoms with Crippen LogP contribution in [0.3, 0.4) is 0 Å². The monoisotopic (exact) mass is 414 g/mol. The third-order valence-corrected chi connectivity index (χ3v) is 4.90. The molecule has 6 nitrogen and oxygen atoms in total. The second-order valence-corrected chi connectivity index (χ2v) is 7.11. The average Bonchev–Trinajstić information content (AvgIpc) is 3.11. The molecule has 0 bridgehead atoms. The Morgan fingerprint density at radius 3 is 2.71 bits per heavy atom. The largest absolute Gasteiger partial charge is 0.434 e. The van der Waals surface area contributed by atoms with Crippen molar-refractivity contribution in [1.82, 2.24) is 4.98 Å². The molecule has 1 aromatic carbocycles. The van der Waals surface area contributed by atoms with Gasteiger partial charge in [-0.25, -0.2) is 4.98 Å². The molecule has 150 valence electrons. The molecule has 1 aromatic heterocycles. The van der Waals surface area contributed by atoms with Crippen molar-refractivity contribution in [2.24, 2.45) is 5.92 Å². The van der Waals surface area contributed by atoms with E-state index in [1.807, 2.05) is 0 Å². The average molecular weight is 414 g/mol. The maximum atomic E-state index is 12.6. The van der Waals surface area contributed by atoms with Gasteiger partial charge in [0, 0.05) is 30.6 Å². The maximum Gasteiger partial charge on any atom is 0.434 e. The van der Waals surface area contributed by atoms with Crippen LogP contribution in [0.15, 0.2) is 29.6 Å². The Morgan fingerprint density at radius 1 is 1.29 bits per heavy atom. The van der Waals surface area contributed by atoms with Crippen LogP contribution in [0.25, 0.3) is 0 Å². The number of anilines is 1. The number of esters is 1. The Balaban J connectivity index is 1.59. The highest BCUT2D eigenvalue weighted by molar-refractivity contribution is 7.14. The van der Waals surface area contributed by atoms with Gasteiger partial charge in [0.05, 0.1) is 0 Å². The van der Waals surface area contributed by atoms with Crippen LogP contribution >= 0.6 is 11.3 Å². The molecular formula is C18H17F3N2O4S.